The molecule has 1 amide bonds. The van der Waals surface area contributed by atoms with Gasteiger partial charge in [0.15, 0.2) is 0 Å². The molecule has 1 unspecified atom stereocenters. The minimum Gasteiger partial charge on any atom is -0.411 e. The van der Waals surface area contributed by atoms with E-state index in [4.69, 9.17) is 4.42 Å². The predicted molar refractivity (Wildman–Crippen MR) is 96.0 cm³/mol. The molecular formula is C17H17N3O2S2. The lowest BCUT2D eigenvalue weighted by Gasteiger charge is -2.08. The number of hydrogen-bond acceptors (Lipinski definition) is 6. The van der Waals surface area contributed by atoms with Crippen LogP contribution in [0.15, 0.2) is 51.4 Å². The Bertz CT molecular complexity index is 815. The summed E-state index contributed by atoms with van der Waals surface area (Å²) in [5.74, 6) is 0.422. The van der Waals surface area contributed by atoms with E-state index in [9.17, 15) is 4.79 Å². The van der Waals surface area contributed by atoms with Crippen molar-refractivity contribution >= 4 is 29.0 Å². The van der Waals surface area contributed by atoms with Gasteiger partial charge in [0.25, 0.3) is 5.22 Å². The van der Waals surface area contributed by atoms with Gasteiger partial charge in [-0.1, -0.05) is 36.0 Å². The lowest BCUT2D eigenvalue weighted by Crippen LogP contribution is -2.30. The van der Waals surface area contributed by atoms with Crippen molar-refractivity contribution in [2.24, 2.45) is 0 Å². The topological polar surface area (TPSA) is 68.0 Å². The number of nitrogens with one attached hydrogen (secondary N) is 1. The van der Waals surface area contributed by atoms with Crippen molar-refractivity contribution in [1.82, 2.24) is 15.5 Å². The first-order valence-corrected chi connectivity index (χ1v) is 9.25. The molecule has 3 aromatic rings. The first-order valence-electron chi connectivity index (χ1n) is 7.50. The summed E-state index contributed by atoms with van der Waals surface area (Å²) < 4.78 is 5.68. The van der Waals surface area contributed by atoms with Crippen LogP contribution in [-0.4, -0.2) is 21.4 Å². The minimum absolute atomic E-state index is 0.0518. The molecule has 0 saturated heterocycles. The van der Waals surface area contributed by atoms with Crippen molar-refractivity contribution < 1.29 is 9.21 Å². The van der Waals surface area contributed by atoms with Crippen molar-refractivity contribution in [1.29, 1.82) is 0 Å². The van der Waals surface area contributed by atoms with E-state index in [1.54, 1.807) is 11.3 Å². The molecule has 0 saturated carbocycles. The molecular weight excluding hydrogens is 342 g/mol. The van der Waals surface area contributed by atoms with Crippen LogP contribution in [0.4, 0.5) is 0 Å². The number of aryl methyl sites for hydroxylation is 1. The van der Waals surface area contributed by atoms with Crippen LogP contribution in [-0.2, 0) is 11.3 Å². The summed E-state index contributed by atoms with van der Waals surface area (Å²) in [5.41, 5.74) is 1.98. The smallest absolute Gasteiger partial charge is 0.277 e. The Hall–Kier alpha value is -2.12. The number of thiophene rings is 1. The van der Waals surface area contributed by atoms with Gasteiger partial charge in [-0.2, -0.15) is 0 Å². The highest BCUT2D eigenvalue weighted by atomic mass is 32.2. The highest BCUT2D eigenvalue weighted by Gasteiger charge is 2.19. The van der Waals surface area contributed by atoms with Gasteiger partial charge in [-0.3, -0.25) is 4.79 Å². The third-order valence-corrected chi connectivity index (χ3v) is 5.26. The first kappa shape index (κ1) is 16.7. The minimum atomic E-state index is -0.310. The zero-order chi connectivity index (χ0) is 16.9. The van der Waals surface area contributed by atoms with Crippen LogP contribution in [0.3, 0.4) is 0 Å². The Labute approximate surface area is 148 Å². The standard InChI is InChI=1S/C17H17N3O2S2/c1-11-6-3-4-8-14(11)16-19-20-17(22-16)24-12(2)15(21)18-10-13-7-5-9-23-13/h3-9,12H,10H2,1-2H3,(H,18,21). The number of rotatable bonds is 6. The molecule has 2 aromatic heterocycles. The molecule has 0 fully saturated rings. The summed E-state index contributed by atoms with van der Waals surface area (Å²) in [5, 5.41) is 13.1. The Kier molecular flexibility index (Phi) is 5.32. The van der Waals surface area contributed by atoms with E-state index in [1.165, 1.54) is 11.8 Å². The van der Waals surface area contributed by atoms with Gasteiger partial charge in [0.05, 0.1) is 11.8 Å². The van der Waals surface area contributed by atoms with Crippen LogP contribution in [0.5, 0.6) is 0 Å². The summed E-state index contributed by atoms with van der Waals surface area (Å²) in [6, 6.07) is 11.8. The number of carbonyl (C=O) groups is 1. The van der Waals surface area contributed by atoms with Gasteiger partial charge in [0.1, 0.15) is 0 Å². The number of hydrogen-bond donors (Lipinski definition) is 1. The quantitative estimate of drug-likeness (QED) is 0.676. The molecule has 24 heavy (non-hydrogen) atoms. The Morgan fingerprint density at radius 3 is 2.88 bits per heavy atom. The van der Waals surface area contributed by atoms with Crippen LogP contribution in [0.2, 0.25) is 0 Å². The molecule has 7 heteroatoms. The van der Waals surface area contributed by atoms with Gasteiger partial charge >= 0.3 is 0 Å². The molecule has 0 aliphatic carbocycles. The average Bonchev–Trinajstić information content (AvgIpc) is 3.24. The number of thioether (sulfide) groups is 1. The van der Waals surface area contributed by atoms with Crippen molar-refractivity contribution in [3.63, 3.8) is 0 Å². The fourth-order valence-corrected chi connectivity index (χ4v) is 3.47. The molecule has 1 N–H and O–H groups in total. The van der Waals surface area contributed by atoms with Crippen molar-refractivity contribution in [2.75, 3.05) is 0 Å². The molecule has 0 radical (unpaired) electrons. The third kappa shape index (κ3) is 4.04. The van der Waals surface area contributed by atoms with Gasteiger partial charge in [-0.05, 0) is 36.9 Å². The molecule has 1 atom stereocenters. The van der Waals surface area contributed by atoms with E-state index in [0.717, 1.165) is 16.0 Å². The van der Waals surface area contributed by atoms with Gasteiger partial charge in [-0.25, -0.2) is 0 Å². The van der Waals surface area contributed by atoms with Gasteiger partial charge in [0, 0.05) is 10.4 Å². The summed E-state index contributed by atoms with van der Waals surface area (Å²) >= 11 is 2.88. The predicted octanol–water partition coefficient (Wildman–Crippen LogP) is 3.90. The van der Waals surface area contributed by atoms with Crippen LogP contribution >= 0.6 is 23.1 Å². The van der Waals surface area contributed by atoms with E-state index >= 15 is 0 Å². The zero-order valence-electron chi connectivity index (χ0n) is 13.4. The highest BCUT2D eigenvalue weighted by molar-refractivity contribution is 8.00. The maximum absolute atomic E-state index is 12.2. The molecule has 2 heterocycles. The Morgan fingerprint density at radius 1 is 1.29 bits per heavy atom. The van der Waals surface area contributed by atoms with Crippen LogP contribution in [0.1, 0.15) is 17.4 Å². The number of nitrogens with zero attached hydrogens (tertiary/aromatic N) is 2. The molecule has 1 aromatic carbocycles. The van der Waals surface area contributed by atoms with E-state index in [2.05, 4.69) is 15.5 Å². The van der Waals surface area contributed by atoms with Gasteiger partial charge in [-0.15, -0.1) is 21.5 Å². The molecule has 0 bridgehead atoms. The van der Waals surface area contributed by atoms with Crippen molar-refractivity contribution in [3.8, 4) is 11.5 Å². The lowest BCUT2D eigenvalue weighted by atomic mass is 10.1. The second-order valence-electron chi connectivity index (χ2n) is 5.25. The van der Waals surface area contributed by atoms with E-state index in [-0.39, 0.29) is 11.2 Å². The molecule has 5 nitrogen and oxygen atoms in total. The number of benzene rings is 1. The van der Waals surface area contributed by atoms with E-state index in [1.807, 2.05) is 55.6 Å². The van der Waals surface area contributed by atoms with E-state index < -0.39 is 0 Å². The highest BCUT2D eigenvalue weighted by Crippen LogP contribution is 2.27. The summed E-state index contributed by atoms with van der Waals surface area (Å²) in [6.45, 7) is 4.36. The Balaban J connectivity index is 1.59. The molecule has 0 spiro atoms. The number of amides is 1. The molecule has 0 aliphatic rings. The Morgan fingerprint density at radius 2 is 2.12 bits per heavy atom. The fourth-order valence-electron chi connectivity index (χ4n) is 2.11. The van der Waals surface area contributed by atoms with Crippen LogP contribution in [0.25, 0.3) is 11.5 Å². The van der Waals surface area contributed by atoms with Crippen LogP contribution in [0, 0.1) is 6.92 Å². The lowest BCUT2D eigenvalue weighted by molar-refractivity contribution is -0.120. The van der Waals surface area contributed by atoms with Crippen LogP contribution < -0.4 is 5.32 Å². The SMILES string of the molecule is Cc1ccccc1-c1nnc(SC(C)C(=O)NCc2cccs2)o1. The second kappa shape index (κ2) is 7.63. The van der Waals surface area contributed by atoms with Gasteiger partial charge < -0.3 is 9.73 Å². The normalized spacial score (nSPS) is 12.1. The van der Waals surface area contributed by atoms with E-state index in [0.29, 0.717) is 17.7 Å². The van der Waals surface area contributed by atoms with Crippen molar-refractivity contribution in [2.45, 2.75) is 30.9 Å². The second-order valence-corrected chi connectivity index (χ2v) is 7.57. The largest absolute Gasteiger partial charge is 0.411 e. The molecule has 3 rings (SSSR count). The average molecular weight is 359 g/mol. The van der Waals surface area contributed by atoms with Crippen molar-refractivity contribution in [3.05, 3.63) is 52.2 Å². The summed E-state index contributed by atoms with van der Waals surface area (Å²) in [7, 11) is 0. The third-order valence-electron chi connectivity index (χ3n) is 3.45. The number of aromatic nitrogens is 2. The monoisotopic (exact) mass is 359 g/mol. The maximum Gasteiger partial charge on any atom is 0.277 e. The number of carbonyl (C=O) groups excluding carboxylic acids is 1. The summed E-state index contributed by atoms with van der Waals surface area (Å²) in [6.07, 6.45) is 0. The first-order chi connectivity index (χ1) is 11.6. The summed E-state index contributed by atoms with van der Waals surface area (Å²) in [4.78, 5) is 13.3. The molecule has 124 valence electrons. The molecule has 0 aliphatic heterocycles. The van der Waals surface area contributed by atoms with Gasteiger partial charge in [0.2, 0.25) is 11.8 Å². The zero-order valence-corrected chi connectivity index (χ0v) is 15.0. The fraction of sp³-hybridized carbons (Fsp3) is 0.235. The maximum atomic E-state index is 12.2.